The van der Waals surface area contributed by atoms with Crippen molar-refractivity contribution in [1.82, 2.24) is 9.88 Å². The molecule has 3 rings (SSSR count). The minimum absolute atomic E-state index is 0.311. The highest BCUT2D eigenvalue weighted by Crippen LogP contribution is 2.34. The number of rotatable bonds is 5. The number of aromatic amines is 1. The summed E-state index contributed by atoms with van der Waals surface area (Å²) in [5, 5.41) is 1.01. The number of sulfone groups is 1. The maximum Gasteiger partial charge on any atom is 0.216 e. The zero-order valence-electron chi connectivity index (χ0n) is 12.8. The van der Waals surface area contributed by atoms with Gasteiger partial charge in [-0.05, 0) is 50.3 Å². The number of hydrogen-bond donors (Lipinski definition) is 1. The standard InChI is InChI=1S/C16H17BrN2O2S2/c1-19(2)7-6-11-10-18-16-14(11)9-15(22-16)23(20,21)13-5-3-4-12(17)8-13/h3-5,8-10,18H,6-7H2,1-2H3. The summed E-state index contributed by atoms with van der Waals surface area (Å²) in [4.78, 5) is 6.53. The maximum atomic E-state index is 12.8. The number of aromatic nitrogens is 1. The molecule has 1 aromatic carbocycles. The topological polar surface area (TPSA) is 53.2 Å². The van der Waals surface area contributed by atoms with Gasteiger partial charge in [0.1, 0.15) is 9.04 Å². The van der Waals surface area contributed by atoms with Crippen molar-refractivity contribution in [2.75, 3.05) is 20.6 Å². The molecule has 0 bridgehead atoms. The second kappa shape index (κ2) is 6.39. The van der Waals surface area contributed by atoms with Crippen molar-refractivity contribution in [3.63, 3.8) is 0 Å². The lowest BCUT2D eigenvalue weighted by Crippen LogP contribution is -2.14. The fourth-order valence-corrected chi connectivity index (χ4v) is 5.75. The van der Waals surface area contributed by atoms with Gasteiger partial charge in [-0.25, -0.2) is 8.42 Å². The first kappa shape index (κ1) is 16.7. The van der Waals surface area contributed by atoms with Gasteiger partial charge in [-0.1, -0.05) is 22.0 Å². The second-order valence-corrected chi connectivity index (χ2v) is 9.78. The molecule has 0 amide bonds. The van der Waals surface area contributed by atoms with E-state index in [-0.39, 0.29) is 0 Å². The number of likely N-dealkylation sites (N-methyl/N-ethyl adjacent to an activating group) is 1. The summed E-state index contributed by atoms with van der Waals surface area (Å²) in [7, 11) is 0.574. The Labute approximate surface area is 148 Å². The van der Waals surface area contributed by atoms with E-state index in [9.17, 15) is 8.42 Å². The first-order valence-electron chi connectivity index (χ1n) is 7.13. The first-order chi connectivity index (χ1) is 10.9. The van der Waals surface area contributed by atoms with E-state index in [4.69, 9.17) is 0 Å². The van der Waals surface area contributed by atoms with Crippen molar-refractivity contribution in [3.05, 3.63) is 46.6 Å². The zero-order chi connectivity index (χ0) is 16.6. The fraction of sp³-hybridized carbons (Fsp3) is 0.250. The van der Waals surface area contributed by atoms with Crippen LogP contribution in [0.2, 0.25) is 0 Å². The minimum Gasteiger partial charge on any atom is -0.353 e. The lowest BCUT2D eigenvalue weighted by molar-refractivity contribution is 0.414. The molecular formula is C16H17BrN2O2S2. The average molecular weight is 413 g/mol. The fourth-order valence-electron chi connectivity index (χ4n) is 2.38. The number of H-pyrrole nitrogens is 1. The van der Waals surface area contributed by atoms with Crippen molar-refractivity contribution < 1.29 is 8.42 Å². The van der Waals surface area contributed by atoms with Gasteiger partial charge in [-0.3, -0.25) is 0 Å². The Bertz CT molecular complexity index is 942. The van der Waals surface area contributed by atoms with Crippen LogP contribution in [-0.2, 0) is 16.3 Å². The van der Waals surface area contributed by atoms with Crippen molar-refractivity contribution in [3.8, 4) is 0 Å². The molecule has 23 heavy (non-hydrogen) atoms. The van der Waals surface area contributed by atoms with Crippen molar-refractivity contribution in [2.45, 2.75) is 15.5 Å². The number of benzene rings is 1. The Balaban J connectivity index is 2.00. The number of fused-ring (bicyclic) bond motifs is 1. The van der Waals surface area contributed by atoms with E-state index in [0.29, 0.717) is 9.10 Å². The lowest BCUT2D eigenvalue weighted by atomic mass is 10.2. The van der Waals surface area contributed by atoms with Crippen LogP contribution in [0.25, 0.3) is 10.2 Å². The third kappa shape index (κ3) is 3.38. The Kier molecular flexibility index (Phi) is 4.64. The molecule has 0 radical (unpaired) electrons. The number of halogens is 1. The van der Waals surface area contributed by atoms with Gasteiger partial charge < -0.3 is 9.88 Å². The SMILES string of the molecule is CN(C)CCc1c[nH]c2sc(S(=O)(=O)c3cccc(Br)c3)cc12. The van der Waals surface area contributed by atoms with E-state index in [1.165, 1.54) is 11.3 Å². The maximum absolute atomic E-state index is 12.8. The normalized spacial score (nSPS) is 12.3. The monoisotopic (exact) mass is 412 g/mol. The highest BCUT2D eigenvalue weighted by molar-refractivity contribution is 9.10. The summed E-state index contributed by atoms with van der Waals surface area (Å²) in [6, 6.07) is 8.60. The molecule has 2 aromatic heterocycles. The third-order valence-corrected chi connectivity index (χ3v) is 7.42. The lowest BCUT2D eigenvalue weighted by Gasteiger charge is -2.07. The number of hydrogen-bond acceptors (Lipinski definition) is 4. The number of nitrogens with zero attached hydrogens (tertiary/aromatic N) is 1. The van der Waals surface area contributed by atoms with Crippen molar-refractivity contribution >= 4 is 47.3 Å². The Morgan fingerprint density at radius 2 is 2.04 bits per heavy atom. The quantitative estimate of drug-likeness (QED) is 0.690. The molecule has 0 unspecified atom stereocenters. The van der Waals surface area contributed by atoms with Crippen LogP contribution in [0.4, 0.5) is 0 Å². The summed E-state index contributed by atoms with van der Waals surface area (Å²) in [6.07, 6.45) is 2.86. The number of thiophene rings is 1. The van der Waals surface area contributed by atoms with Crippen LogP contribution in [0.1, 0.15) is 5.56 Å². The highest BCUT2D eigenvalue weighted by Gasteiger charge is 2.22. The molecule has 4 nitrogen and oxygen atoms in total. The molecule has 7 heteroatoms. The Morgan fingerprint density at radius 3 is 2.74 bits per heavy atom. The van der Waals surface area contributed by atoms with Gasteiger partial charge in [0.25, 0.3) is 0 Å². The molecular weight excluding hydrogens is 396 g/mol. The Morgan fingerprint density at radius 1 is 1.26 bits per heavy atom. The summed E-state index contributed by atoms with van der Waals surface area (Å²) < 4.78 is 26.7. The van der Waals surface area contributed by atoms with Gasteiger partial charge in [0.2, 0.25) is 9.84 Å². The number of nitrogens with one attached hydrogen (secondary N) is 1. The largest absolute Gasteiger partial charge is 0.353 e. The van der Waals surface area contributed by atoms with Crippen molar-refractivity contribution in [2.24, 2.45) is 0 Å². The average Bonchev–Trinajstić information content (AvgIpc) is 3.06. The van der Waals surface area contributed by atoms with E-state index in [2.05, 4.69) is 25.8 Å². The summed E-state index contributed by atoms with van der Waals surface area (Å²) in [6.45, 7) is 0.927. The van der Waals surface area contributed by atoms with Gasteiger partial charge in [0.05, 0.1) is 4.90 Å². The molecule has 2 heterocycles. The zero-order valence-corrected chi connectivity index (χ0v) is 16.1. The highest BCUT2D eigenvalue weighted by atomic mass is 79.9. The minimum atomic E-state index is -3.48. The van der Waals surface area contributed by atoms with Crippen LogP contribution >= 0.6 is 27.3 Å². The van der Waals surface area contributed by atoms with E-state index >= 15 is 0 Å². The van der Waals surface area contributed by atoms with Crippen molar-refractivity contribution in [1.29, 1.82) is 0 Å². The molecule has 0 saturated carbocycles. The molecule has 0 saturated heterocycles. The molecule has 122 valence electrons. The predicted octanol–water partition coefficient (Wildman–Crippen LogP) is 3.93. The molecule has 0 aliphatic heterocycles. The molecule has 0 aliphatic rings. The summed E-state index contributed by atoms with van der Waals surface area (Å²) in [5.74, 6) is 0. The second-order valence-electron chi connectivity index (χ2n) is 5.64. The first-order valence-corrected chi connectivity index (χ1v) is 10.2. The van der Waals surface area contributed by atoms with Gasteiger partial charge in [0.15, 0.2) is 0 Å². The summed E-state index contributed by atoms with van der Waals surface area (Å²) in [5.41, 5.74) is 1.15. The summed E-state index contributed by atoms with van der Waals surface area (Å²) >= 11 is 4.62. The van der Waals surface area contributed by atoms with Crippen LogP contribution in [0.3, 0.4) is 0 Å². The smallest absolute Gasteiger partial charge is 0.216 e. The molecule has 0 atom stereocenters. The van der Waals surface area contributed by atoms with Crippen LogP contribution in [0, 0.1) is 0 Å². The van der Waals surface area contributed by atoms with Crippen LogP contribution in [0.15, 0.2) is 50.1 Å². The van der Waals surface area contributed by atoms with Gasteiger partial charge >= 0.3 is 0 Å². The Hall–Kier alpha value is -1.15. The van der Waals surface area contributed by atoms with E-state index in [1.54, 1.807) is 24.3 Å². The molecule has 0 aliphatic carbocycles. The van der Waals surface area contributed by atoms with Gasteiger partial charge in [-0.15, -0.1) is 11.3 Å². The van der Waals surface area contributed by atoms with E-state index in [0.717, 1.165) is 33.2 Å². The van der Waals surface area contributed by atoms with Gasteiger partial charge in [-0.2, -0.15) is 0 Å². The van der Waals surface area contributed by atoms with E-state index < -0.39 is 9.84 Å². The van der Waals surface area contributed by atoms with Gasteiger partial charge in [0, 0.05) is 22.6 Å². The molecule has 0 fully saturated rings. The van der Waals surface area contributed by atoms with Crippen LogP contribution < -0.4 is 0 Å². The third-order valence-electron chi connectivity index (χ3n) is 3.63. The van der Waals surface area contributed by atoms with Crippen LogP contribution in [-0.4, -0.2) is 38.9 Å². The molecule has 1 N–H and O–H groups in total. The van der Waals surface area contributed by atoms with E-state index in [1.807, 2.05) is 26.4 Å². The molecule has 0 spiro atoms. The predicted molar refractivity (Wildman–Crippen MR) is 98.0 cm³/mol. The molecule has 3 aromatic rings. The van der Waals surface area contributed by atoms with Crippen LogP contribution in [0.5, 0.6) is 0 Å².